The Kier molecular flexibility index (Phi) is 5.48. The number of ketones is 1. The molecule has 2 atom stereocenters. The highest BCUT2D eigenvalue weighted by atomic mass is 16.5. The molecule has 0 bridgehead atoms. The second kappa shape index (κ2) is 7.78. The molecular weight excluding hydrogens is 314 g/mol. The van der Waals surface area contributed by atoms with Gasteiger partial charge in [-0.25, -0.2) is 10.9 Å². The molecule has 1 fully saturated rings. The number of hydrogen-bond acceptors (Lipinski definition) is 5. The normalized spacial score (nSPS) is 20.0. The summed E-state index contributed by atoms with van der Waals surface area (Å²) in [6.07, 6.45) is 1.17. The zero-order valence-corrected chi connectivity index (χ0v) is 15.0. The lowest BCUT2D eigenvalue weighted by Crippen LogP contribution is -2.42. The SMILES string of the molecule is COc1ccc(C(C)=O)cc1CN(C)C1CC(c2ccccc2)NN1. The molecule has 1 heterocycles. The van der Waals surface area contributed by atoms with E-state index in [-0.39, 0.29) is 11.9 Å². The third-order valence-electron chi connectivity index (χ3n) is 4.72. The third kappa shape index (κ3) is 4.07. The summed E-state index contributed by atoms with van der Waals surface area (Å²) in [5.74, 6) is 0.874. The highest BCUT2D eigenvalue weighted by molar-refractivity contribution is 5.94. The van der Waals surface area contributed by atoms with Crippen molar-refractivity contribution < 1.29 is 9.53 Å². The molecule has 3 rings (SSSR count). The van der Waals surface area contributed by atoms with E-state index in [4.69, 9.17) is 4.74 Å². The number of rotatable bonds is 6. The Morgan fingerprint density at radius 3 is 2.64 bits per heavy atom. The van der Waals surface area contributed by atoms with Crippen molar-refractivity contribution in [1.29, 1.82) is 0 Å². The molecule has 0 radical (unpaired) electrons. The van der Waals surface area contributed by atoms with Gasteiger partial charge in [0, 0.05) is 23.7 Å². The maximum Gasteiger partial charge on any atom is 0.159 e. The van der Waals surface area contributed by atoms with E-state index in [0.29, 0.717) is 18.2 Å². The van der Waals surface area contributed by atoms with Crippen LogP contribution < -0.4 is 15.6 Å². The van der Waals surface area contributed by atoms with Crippen LogP contribution in [0.2, 0.25) is 0 Å². The van der Waals surface area contributed by atoms with Gasteiger partial charge in [0.2, 0.25) is 0 Å². The Bertz CT molecular complexity index is 733. The number of Topliss-reactive ketones (excluding diaryl/α,β-unsaturated/α-hetero) is 1. The van der Waals surface area contributed by atoms with Crippen LogP contribution >= 0.6 is 0 Å². The molecular formula is C20H25N3O2. The summed E-state index contributed by atoms with van der Waals surface area (Å²) >= 11 is 0. The van der Waals surface area contributed by atoms with Crippen LogP contribution in [-0.4, -0.2) is 31.0 Å². The molecule has 132 valence electrons. The molecule has 2 unspecified atom stereocenters. The van der Waals surface area contributed by atoms with Crippen molar-refractivity contribution in [2.75, 3.05) is 14.2 Å². The molecule has 5 nitrogen and oxygen atoms in total. The van der Waals surface area contributed by atoms with Gasteiger partial charge in [-0.3, -0.25) is 9.69 Å². The number of benzene rings is 2. The molecule has 2 aromatic carbocycles. The van der Waals surface area contributed by atoms with Gasteiger partial charge in [-0.05, 0) is 44.2 Å². The molecule has 0 amide bonds. The monoisotopic (exact) mass is 339 g/mol. The Morgan fingerprint density at radius 2 is 1.96 bits per heavy atom. The van der Waals surface area contributed by atoms with Gasteiger partial charge in [0.05, 0.1) is 13.3 Å². The van der Waals surface area contributed by atoms with Crippen LogP contribution in [0.5, 0.6) is 5.75 Å². The van der Waals surface area contributed by atoms with Crippen LogP contribution in [0.3, 0.4) is 0 Å². The van der Waals surface area contributed by atoms with Gasteiger partial charge < -0.3 is 4.74 Å². The van der Waals surface area contributed by atoms with Crippen LogP contribution in [0.1, 0.15) is 40.9 Å². The first kappa shape index (κ1) is 17.6. The summed E-state index contributed by atoms with van der Waals surface area (Å²) in [6.45, 7) is 2.29. The fraction of sp³-hybridized carbons (Fsp3) is 0.350. The lowest BCUT2D eigenvalue weighted by atomic mass is 10.0. The first-order valence-corrected chi connectivity index (χ1v) is 8.52. The van der Waals surface area contributed by atoms with E-state index in [0.717, 1.165) is 17.7 Å². The highest BCUT2D eigenvalue weighted by Crippen LogP contribution is 2.26. The summed E-state index contributed by atoms with van der Waals surface area (Å²) in [5, 5.41) is 0. The second-order valence-corrected chi connectivity index (χ2v) is 6.50. The maximum atomic E-state index is 11.7. The lowest BCUT2D eigenvalue weighted by molar-refractivity contribution is 0.101. The smallest absolute Gasteiger partial charge is 0.159 e. The van der Waals surface area contributed by atoms with Crippen molar-refractivity contribution in [3.05, 3.63) is 65.2 Å². The molecule has 0 aliphatic carbocycles. The molecule has 2 N–H and O–H groups in total. The first-order valence-electron chi connectivity index (χ1n) is 8.52. The van der Waals surface area contributed by atoms with E-state index < -0.39 is 0 Å². The standard InChI is InChI=1S/C20H25N3O2/c1-14(24)16-9-10-19(25-3)17(11-16)13-23(2)20-12-18(21-22-20)15-7-5-4-6-8-15/h4-11,18,20-22H,12-13H2,1-3H3. The minimum Gasteiger partial charge on any atom is -0.496 e. The molecule has 1 saturated heterocycles. The van der Waals surface area contributed by atoms with Crippen molar-refractivity contribution in [1.82, 2.24) is 15.8 Å². The molecule has 0 saturated carbocycles. The van der Waals surface area contributed by atoms with Crippen LogP contribution in [0.15, 0.2) is 48.5 Å². The summed E-state index contributed by atoms with van der Waals surface area (Å²) in [7, 11) is 3.74. The predicted octanol–water partition coefficient (Wildman–Crippen LogP) is 2.89. The van der Waals surface area contributed by atoms with Crippen LogP contribution in [0, 0.1) is 0 Å². The van der Waals surface area contributed by atoms with Crippen LogP contribution in [0.4, 0.5) is 0 Å². The van der Waals surface area contributed by atoms with Gasteiger partial charge in [0.1, 0.15) is 5.75 Å². The number of hydrazine groups is 1. The molecule has 25 heavy (non-hydrogen) atoms. The van der Waals surface area contributed by atoms with Crippen molar-refractivity contribution >= 4 is 5.78 Å². The van der Waals surface area contributed by atoms with Crippen LogP contribution in [-0.2, 0) is 6.54 Å². The van der Waals surface area contributed by atoms with E-state index >= 15 is 0 Å². The van der Waals surface area contributed by atoms with Gasteiger partial charge in [0.25, 0.3) is 0 Å². The van der Waals surface area contributed by atoms with Crippen LogP contribution in [0.25, 0.3) is 0 Å². The molecule has 2 aromatic rings. The fourth-order valence-corrected chi connectivity index (χ4v) is 3.23. The minimum absolute atomic E-state index is 0.0661. The van der Waals surface area contributed by atoms with Gasteiger partial charge in [-0.2, -0.15) is 0 Å². The van der Waals surface area contributed by atoms with E-state index in [1.54, 1.807) is 14.0 Å². The van der Waals surface area contributed by atoms with Gasteiger partial charge in [-0.1, -0.05) is 30.3 Å². The van der Waals surface area contributed by atoms with E-state index in [1.165, 1.54) is 5.56 Å². The number of hydrogen-bond donors (Lipinski definition) is 2. The summed E-state index contributed by atoms with van der Waals surface area (Å²) in [5.41, 5.74) is 9.75. The molecule has 1 aliphatic heterocycles. The predicted molar refractivity (Wildman–Crippen MR) is 98.3 cm³/mol. The quantitative estimate of drug-likeness (QED) is 0.793. The molecule has 1 aliphatic rings. The Balaban J connectivity index is 1.69. The average Bonchev–Trinajstić information content (AvgIpc) is 3.12. The van der Waals surface area contributed by atoms with Gasteiger partial charge in [-0.15, -0.1) is 0 Å². The molecule has 0 spiro atoms. The number of nitrogens with one attached hydrogen (secondary N) is 2. The number of ether oxygens (including phenoxy) is 1. The van der Waals surface area contributed by atoms with Gasteiger partial charge >= 0.3 is 0 Å². The topological polar surface area (TPSA) is 53.6 Å². The van der Waals surface area contributed by atoms with Gasteiger partial charge in [0.15, 0.2) is 5.78 Å². The Labute approximate surface area is 149 Å². The van der Waals surface area contributed by atoms with Crippen molar-refractivity contribution in [2.45, 2.75) is 32.1 Å². The number of carbonyl (C=O) groups is 1. The fourth-order valence-electron chi connectivity index (χ4n) is 3.23. The van der Waals surface area contributed by atoms with E-state index in [2.05, 4.69) is 47.1 Å². The van der Waals surface area contributed by atoms with E-state index in [1.807, 2.05) is 24.3 Å². The summed E-state index contributed by atoms with van der Waals surface area (Å²) in [4.78, 5) is 13.9. The number of carbonyl (C=O) groups excluding carboxylic acids is 1. The Morgan fingerprint density at radius 1 is 1.20 bits per heavy atom. The second-order valence-electron chi connectivity index (χ2n) is 6.50. The lowest BCUT2D eigenvalue weighted by Gasteiger charge is -2.25. The highest BCUT2D eigenvalue weighted by Gasteiger charge is 2.28. The minimum atomic E-state index is 0.0661. The molecule has 0 aromatic heterocycles. The largest absolute Gasteiger partial charge is 0.496 e. The maximum absolute atomic E-state index is 11.7. The van der Waals surface area contributed by atoms with Crippen molar-refractivity contribution in [3.8, 4) is 5.75 Å². The number of methoxy groups -OCH3 is 1. The summed E-state index contributed by atoms with van der Waals surface area (Å²) in [6, 6.07) is 16.3. The van der Waals surface area contributed by atoms with Crippen molar-refractivity contribution in [2.24, 2.45) is 0 Å². The summed E-state index contributed by atoms with van der Waals surface area (Å²) < 4.78 is 5.46. The number of nitrogens with zero attached hydrogens (tertiary/aromatic N) is 1. The van der Waals surface area contributed by atoms with Crippen molar-refractivity contribution in [3.63, 3.8) is 0 Å². The molecule has 5 heteroatoms. The Hall–Kier alpha value is -2.21. The first-order chi connectivity index (χ1) is 12.1. The van der Waals surface area contributed by atoms with E-state index in [9.17, 15) is 4.79 Å². The third-order valence-corrected chi connectivity index (χ3v) is 4.72. The average molecular weight is 339 g/mol. The zero-order valence-electron chi connectivity index (χ0n) is 15.0. The zero-order chi connectivity index (χ0) is 17.8.